The van der Waals surface area contributed by atoms with Crippen molar-refractivity contribution >= 4 is 11.6 Å². The summed E-state index contributed by atoms with van der Waals surface area (Å²) in [5, 5.41) is 0. The van der Waals surface area contributed by atoms with Gasteiger partial charge in [-0.2, -0.15) is 0 Å². The maximum atomic E-state index is 11.8. The monoisotopic (exact) mass is 370 g/mol. The summed E-state index contributed by atoms with van der Waals surface area (Å²) in [4.78, 5) is 21.6. The van der Waals surface area contributed by atoms with E-state index in [1.165, 1.54) is 24.8 Å². The van der Waals surface area contributed by atoms with Crippen LogP contribution in [0.3, 0.4) is 0 Å². The van der Waals surface area contributed by atoms with Crippen molar-refractivity contribution in [2.45, 2.75) is 99.3 Å². The molecule has 150 valence electrons. The number of ketones is 2. The van der Waals surface area contributed by atoms with Crippen molar-refractivity contribution in [3.63, 3.8) is 0 Å². The van der Waals surface area contributed by atoms with E-state index in [-0.39, 0.29) is 11.2 Å². The fraction of sp³-hybridized carbons (Fsp3) is 0.680. The molecule has 0 saturated carbocycles. The minimum atomic E-state index is 0.170. The first-order chi connectivity index (χ1) is 12.7. The van der Waals surface area contributed by atoms with E-state index < -0.39 is 0 Å². The molecule has 3 aliphatic rings. The number of carbonyl (C=O) groups is 2. The van der Waals surface area contributed by atoms with Crippen molar-refractivity contribution in [1.82, 2.24) is 0 Å². The molecule has 2 unspecified atom stereocenters. The highest BCUT2D eigenvalue weighted by Crippen LogP contribution is 2.58. The molecule has 0 bridgehead atoms. The normalized spacial score (nSPS) is 31.6. The number of hydrogen-bond acceptors (Lipinski definition) is 2. The molecule has 2 atom stereocenters. The Morgan fingerprint density at radius 2 is 1.74 bits per heavy atom. The molecule has 27 heavy (non-hydrogen) atoms. The van der Waals surface area contributed by atoms with Gasteiger partial charge in [0.15, 0.2) is 5.78 Å². The lowest BCUT2D eigenvalue weighted by Crippen LogP contribution is -2.36. The summed E-state index contributed by atoms with van der Waals surface area (Å²) in [7, 11) is 0. The van der Waals surface area contributed by atoms with Crippen LogP contribution in [-0.4, -0.2) is 11.6 Å². The van der Waals surface area contributed by atoms with Gasteiger partial charge in [-0.15, -0.1) is 0 Å². The lowest BCUT2D eigenvalue weighted by Gasteiger charge is -2.49. The molecule has 0 spiro atoms. The molecule has 0 heterocycles. The van der Waals surface area contributed by atoms with Gasteiger partial charge in [0.05, 0.1) is 0 Å². The highest BCUT2D eigenvalue weighted by Gasteiger charge is 2.45. The molecule has 3 aliphatic carbocycles. The lowest BCUT2D eigenvalue weighted by atomic mass is 9.55. The predicted molar refractivity (Wildman–Crippen MR) is 114 cm³/mol. The Balaban J connectivity index is 0.000000465. The van der Waals surface area contributed by atoms with Gasteiger partial charge < -0.3 is 4.79 Å². The Hall–Kier alpha value is -1.44. The first kappa shape index (κ1) is 21.9. The molecule has 2 nitrogen and oxygen atoms in total. The molecular weight excluding hydrogens is 332 g/mol. The third kappa shape index (κ3) is 4.36. The van der Waals surface area contributed by atoms with Gasteiger partial charge in [0.25, 0.3) is 0 Å². The summed E-state index contributed by atoms with van der Waals surface area (Å²) < 4.78 is 0. The maximum Gasteiger partial charge on any atom is 0.155 e. The van der Waals surface area contributed by atoms with Crippen LogP contribution >= 0.6 is 0 Å². The molecule has 2 heteroatoms. The Labute approximate surface area is 166 Å². The minimum Gasteiger partial charge on any atom is -0.300 e. The predicted octanol–water partition coefficient (Wildman–Crippen LogP) is 6.90. The number of fused-ring (bicyclic) bond motifs is 2. The third-order valence-electron chi connectivity index (χ3n) is 7.18. The second-order valence-corrected chi connectivity index (χ2v) is 8.92. The molecule has 0 aromatic rings. The number of allylic oxidation sites excluding steroid dienone is 6. The Morgan fingerprint density at radius 3 is 2.30 bits per heavy atom. The Kier molecular flexibility index (Phi) is 7.05. The lowest BCUT2D eigenvalue weighted by molar-refractivity contribution is -0.117. The summed E-state index contributed by atoms with van der Waals surface area (Å²) in [5.74, 6) is 0.597. The van der Waals surface area contributed by atoms with Gasteiger partial charge in [0.1, 0.15) is 5.78 Å². The van der Waals surface area contributed by atoms with Crippen LogP contribution in [0, 0.1) is 10.8 Å². The van der Waals surface area contributed by atoms with Gasteiger partial charge in [0.2, 0.25) is 0 Å². The van der Waals surface area contributed by atoms with E-state index >= 15 is 0 Å². The zero-order valence-corrected chi connectivity index (χ0v) is 18.3. The summed E-state index contributed by atoms with van der Waals surface area (Å²) in [6.45, 7) is 12.9. The smallest absolute Gasteiger partial charge is 0.155 e. The fourth-order valence-corrected chi connectivity index (χ4v) is 4.96. The quantitative estimate of drug-likeness (QED) is 0.541. The van der Waals surface area contributed by atoms with Gasteiger partial charge in [-0.3, -0.25) is 4.79 Å². The van der Waals surface area contributed by atoms with Gasteiger partial charge >= 0.3 is 0 Å². The second-order valence-electron chi connectivity index (χ2n) is 8.92. The van der Waals surface area contributed by atoms with Crippen molar-refractivity contribution < 1.29 is 9.59 Å². The first-order valence-electron chi connectivity index (χ1n) is 10.9. The first-order valence-corrected chi connectivity index (χ1v) is 10.9. The second kappa shape index (κ2) is 8.71. The van der Waals surface area contributed by atoms with Crippen LogP contribution in [0.4, 0.5) is 0 Å². The van der Waals surface area contributed by atoms with Crippen LogP contribution < -0.4 is 0 Å². The van der Waals surface area contributed by atoms with Crippen molar-refractivity contribution in [3.8, 4) is 0 Å². The van der Waals surface area contributed by atoms with Crippen LogP contribution in [0.2, 0.25) is 0 Å². The van der Waals surface area contributed by atoms with E-state index in [2.05, 4.69) is 33.8 Å². The zero-order valence-electron chi connectivity index (χ0n) is 18.3. The SMILES string of the molecule is CC/C=C1/C2=C(CCC1(C)CC)C1(C)CCC(=O)C=C1CC2.CCC(C)=O. The average molecular weight is 371 g/mol. The molecular formula is C25H38O2. The largest absolute Gasteiger partial charge is 0.300 e. The number of hydrogen-bond donors (Lipinski definition) is 0. The van der Waals surface area contributed by atoms with Crippen LogP contribution in [0.1, 0.15) is 99.3 Å². The highest BCUT2D eigenvalue weighted by molar-refractivity contribution is 5.92. The summed E-state index contributed by atoms with van der Waals surface area (Å²) in [6, 6.07) is 0. The van der Waals surface area contributed by atoms with E-state index in [0.29, 0.717) is 17.6 Å². The summed E-state index contributed by atoms with van der Waals surface area (Å²) in [5.41, 5.74) is 6.91. The summed E-state index contributed by atoms with van der Waals surface area (Å²) in [6.07, 6.45) is 14.0. The average Bonchev–Trinajstić information content (AvgIpc) is 2.65. The molecule has 0 amide bonds. The minimum absolute atomic E-state index is 0.170. The molecule has 0 aromatic heterocycles. The van der Waals surface area contributed by atoms with Crippen LogP contribution in [0.15, 0.2) is 34.4 Å². The van der Waals surface area contributed by atoms with Crippen LogP contribution in [0.5, 0.6) is 0 Å². The van der Waals surface area contributed by atoms with Gasteiger partial charge in [-0.25, -0.2) is 0 Å². The molecule has 0 N–H and O–H groups in total. The van der Waals surface area contributed by atoms with Crippen molar-refractivity contribution in [2.24, 2.45) is 10.8 Å². The molecule has 0 aromatic carbocycles. The van der Waals surface area contributed by atoms with Crippen molar-refractivity contribution in [3.05, 3.63) is 34.4 Å². The maximum absolute atomic E-state index is 11.8. The number of Topliss-reactive ketones (excluding diaryl/α,β-unsaturated/α-hetero) is 1. The standard InChI is InChI=1S/C21H30O.C4H8O/c1-5-7-18-17-9-8-15-14-16(22)10-13-21(15,4)19(17)11-12-20(18,3)6-2;1-3-4(2)5/h7,14H,5-6,8-13H2,1-4H3;3H2,1-2H3/b18-7-;. The molecule has 0 fully saturated rings. The molecule has 3 rings (SSSR count). The third-order valence-corrected chi connectivity index (χ3v) is 7.18. The van der Waals surface area contributed by atoms with Crippen molar-refractivity contribution in [1.29, 1.82) is 0 Å². The topological polar surface area (TPSA) is 34.1 Å². The van der Waals surface area contributed by atoms with Gasteiger partial charge in [-0.1, -0.05) is 51.8 Å². The number of rotatable bonds is 3. The summed E-state index contributed by atoms with van der Waals surface area (Å²) >= 11 is 0. The van der Waals surface area contributed by atoms with Gasteiger partial charge in [0, 0.05) is 18.3 Å². The molecule has 0 aliphatic heterocycles. The zero-order chi connectivity index (χ0) is 20.2. The number of carbonyl (C=O) groups excluding carboxylic acids is 2. The van der Waals surface area contributed by atoms with E-state index in [0.717, 1.165) is 32.1 Å². The Bertz CT molecular complexity index is 691. The van der Waals surface area contributed by atoms with Crippen LogP contribution in [0.25, 0.3) is 0 Å². The van der Waals surface area contributed by atoms with E-state index in [4.69, 9.17) is 0 Å². The molecule has 0 saturated heterocycles. The molecule has 0 radical (unpaired) electrons. The fourth-order valence-electron chi connectivity index (χ4n) is 4.96. The van der Waals surface area contributed by atoms with E-state index in [9.17, 15) is 9.59 Å². The van der Waals surface area contributed by atoms with E-state index in [1.54, 1.807) is 23.6 Å². The van der Waals surface area contributed by atoms with Crippen molar-refractivity contribution in [2.75, 3.05) is 0 Å². The van der Waals surface area contributed by atoms with Gasteiger partial charge in [-0.05, 0) is 74.5 Å². The van der Waals surface area contributed by atoms with Crippen LogP contribution in [-0.2, 0) is 9.59 Å². The Morgan fingerprint density at radius 1 is 1.07 bits per heavy atom. The highest BCUT2D eigenvalue weighted by atomic mass is 16.1. The van der Waals surface area contributed by atoms with E-state index in [1.807, 2.05) is 13.0 Å².